The summed E-state index contributed by atoms with van der Waals surface area (Å²) < 4.78 is 0. The lowest BCUT2D eigenvalue weighted by atomic mass is 9.75. The molecule has 6 heteroatoms. The number of carbonyl (C=O) groups is 2. The second-order valence-corrected chi connectivity index (χ2v) is 9.96. The molecule has 1 spiro atoms. The normalized spacial score (nSPS) is 28.0. The summed E-state index contributed by atoms with van der Waals surface area (Å²) in [6.07, 6.45) is 1.76. The predicted molar refractivity (Wildman–Crippen MR) is 103 cm³/mol. The van der Waals surface area contributed by atoms with Crippen molar-refractivity contribution in [3.8, 4) is 0 Å². The van der Waals surface area contributed by atoms with Crippen molar-refractivity contribution in [3.05, 3.63) is 21.9 Å². The van der Waals surface area contributed by atoms with Crippen LogP contribution < -0.4 is 5.32 Å². The molecule has 0 saturated carbocycles. The molecule has 4 heterocycles. The van der Waals surface area contributed by atoms with Crippen molar-refractivity contribution in [2.75, 3.05) is 32.7 Å². The molecule has 1 N–H and O–H groups in total. The van der Waals surface area contributed by atoms with Crippen molar-refractivity contribution in [1.29, 1.82) is 0 Å². The molecule has 0 radical (unpaired) electrons. The number of aryl methyl sites for hydroxylation is 1. The van der Waals surface area contributed by atoms with E-state index in [1.54, 1.807) is 11.3 Å². The fourth-order valence-corrected chi connectivity index (χ4v) is 5.95. The molecule has 3 aliphatic rings. The predicted octanol–water partition coefficient (Wildman–Crippen LogP) is 2.37. The lowest BCUT2D eigenvalue weighted by Gasteiger charge is -2.42. The van der Waals surface area contributed by atoms with Crippen molar-refractivity contribution in [1.82, 2.24) is 15.1 Å². The van der Waals surface area contributed by atoms with Gasteiger partial charge in [-0.2, -0.15) is 0 Å². The zero-order valence-electron chi connectivity index (χ0n) is 16.0. The second-order valence-electron chi connectivity index (χ2n) is 8.67. The standard InChI is InChI=1S/C20H29N3O2S/c1-13(2)10-22-11-15-16(12-22)20(21-18(15)24)6-8-23(9-7-20)19(25)17-5-4-14(3)26-17/h4-5,13,15-16H,6-12H2,1-3H3,(H,21,24)/t15-,16+/m1/s1. The van der Waals surface area contributed by atoms with Crippen LogP contribution in [0.5, 0.6) is 0 Å². The number of fused-ring (bicyclic) bond motifs is 2. The monoisotopic (exact) mass is 375 g/mol. The maximum atomic E-state index is 12.7. The molecule has 1 aromatic heterocycles. The second kappa shape index (κ2) is 6.64. The summed E-state index contributed by atoms with van der Waals surface area (Å²) in [5.74, 6) is 1.54. The summed E-state index contributed by atoms with van der Waals surface area (Å²) in [5.41, 5.74) is -0.102. The molecular weight excluding hydrogens is 346 g/mol. The van der Waals surface area contributed by atoms with Gasteiger partial charge in [0.15, 0.2) is 0 Å². The molecule has 2 amide bonds. The van der Waals surface area contributed by atoms with Crippen LogP contribution in [0.4, 0.5) is 0 Å². The Morgan fingerprint density at radius 3 is 2.65 bits per heavy atom. The molecule has 142 valence electrons. The zero-order valence-corrected chi connectivity index (χ0v) is 16.8. The van der Waals surface area contributed by atoms with Gasteiger partial charge >= 0.3 is 0 Å². The largest absolute Gasteiger partial charge is 0.350 e. The summed E-state index contributed by atoms with van der Waals surface area (Å²) in [5, 5.41) is 3.35. The molecule has 4 rings (SSSR count). The molecule has 0 unspecified atom stereocenters. The van der Waals surface area contributed by atoms with Gasteiger partial charge in [-0.3, -0.25) is 9.59 Å². The number of likely N-dealkylation sites (tertiary alicyclic amines) is 2. The highest BCUT2D eigenvalue weighted by Gasteiger charge is 2.57. The van der Waals surface area contributed by atoms with Gasteiger partial charge in [0.2, 0.25) is 5.91 Å². The fraction of sp³-hybridized carbons (Fsp3) is 0.700. The Bertz CT molecular complexity index is 706. The maximum absolute atomic E-state index is 12.7. The van der Waals surface area contributed by atoms with E-state index < -0.39 is 0 Å². The smallest absolute Gasteiger partial charge is 0.263 e. The molecular formula is C20H29N3O2S. The van der Waals surface area contributed by atoms with Crippen LogP contribution in [0.2, 0.25) is 0 Å². The average Bonchev–Trinajstić information content (AvgIpc) is 3.26. The van der Waals surface area contributed by atoms with Gasteiger partial charge in [0.1, 0.15) is 0 Å². The minimum atomic E-state index is -0.102. The number of hydrogen-bond donors (Lipinski definition) is 1. The number of nitrogens with zero attached hydrogens (tertiary/aromatic N) is 2. The first-order valence-electron chi connectivity index (χ1n) is 9.78. The van der Waals surface area contributed by atoms with Gasteiger partial charge < -0.3 is 15.1 Å². The fourth-order valence-electron chi connectivity index (χ4n) is 5.12. The Morgan fingerprint density at radius 1 is 1.31 bits per heavy atom. The van der Waals surface area contributed by atoms with Crippen LogP contribution in [-0.4, -0.2) is 59.9 Å². The number of hydrogen-bond acceptors (Lipinski definition) is 4. The van der Waals surface area contributed by atoms with Gasteiger partial charge in [-0.25, -0.2) is 0 Å². The summed E-state index contributed by atoms with van der Waals surface area (Å²) in [6.45, 7) is 11.0. The average molecular weight is 376 g/mol. The molecule has 26 heavy (non-hydrogen) atoms. The summed E-state index contributed by atoms with van der Waals surface area (Å²) in [4.78, 5) is 31.7. The highest BCUT2D eigenvalue weighted by Crippen LogP contribution is 2.44. The van der Waals surface area contributed by atoms with Crippen molar-refractivity contribution in [2.45, 2.75) is 39.2 Å². The summed E-state index contributed by atoms with van der Waals surface area (Å²) in [6, 6.07) is 3.94. The van der Waals surface area contributed by atoms with Crippen molar-refractivity contribution in [2.24, 2.45) is 17.8 Å². The van der Waals surface area contributed by atoms with E-state index in [-0.39, 0.29) is 23.3 Å². The first-order chi connectivity index (χ1) is 12.4. The molecule has 0 aromatic carbocycles. The number of nitrogens with one attached hydrogen (secondary N) is 1. The van der Waals surface area contributed by atoms with E-state index in [4.69, 9.17) is 0 Å². The lowest BCUT2D eigenvalue weighted by molar-refractivity contribution is -0.123. The number of amides is 2. The summed E-state index contributed by atoms with van der Waals surface area (Å²) in [7, 11) is 0. The van der Waals surface area contributed by atoms with Crippen LogP contribution in [0.25, 0.3) is 0 Å². The quantitative estimate of drug-likeness (QED) is 0.882. The molecule has 2 atom stereocenters. The topological polar surface area (TPSA) is 52.7 Å². The Hall–Kier alpha value is -1.40. The van der Waals surface area contributed by atoms with Gasteiger partial charge in [-0.05, 0) is 37.8 Å². The van der Waals surface area contributed by atoms with Gasteiger partial charge in [0.05, 0.1) is 10.8 Å². The highest BCUT2D eigenvalue weighted by atomic mass is 32.1. The van der Waals surface area contributed by atoms with Crippen molar-refractivity contribution in [3.63, 3.8) is 0 Å². The number of rotatable bonds is 3. The first-order valence-corrected chi connectivity index (χ1v) is 10.6. The van der Waals surface area contributed by atoms with E-state index in [2.05, 4.69) is 24.1 Å². The zero-order chi connectivity index (χ0) is 18.5. The summed E-state index contributed by atoms with van der Waals surface area (Å²) >= 11 is 1.57. The molecule has 3 aliphatic heterocycles. The molecule has 3 saturated heterocycles. The lowest BCUT2D eigenvalue weighted by Crippen LogP contribution is -2.56. The third-order valence-electron chi connectivity index (χ3n) is 6.33. The van der Waals surface area contributed by atoms with Gasteiger partial charge in [-0.15, -0.1) is 11.3 Å². The Balaban J connectivity index is 1.43. The Kier molecular flexibility index (Phi) is 4.59. The third kappa shape index (κ3) is 3.07. The number of piperidine rings is 1. The Morgan fingerprint density at radius 2 is 2.04 bits per heavy atom. The minimum Gasteiger partial charge on any atom is -0.350 e. The molecule has 3 fully saturated rings. The van der Waals surface area contributed by atoms with Crippen molar-refractivity contribution < 1.29 is 9.59 Å². The minimum absolute atomic E-state index is 0.102. The van der Waals surface area contributed by atoms with Crippen LogP contribution >= 0.6 is 11.3 Å². The maximum Gasteiger partial charge on any atom is 0.263 e. The SMILES string of the molecule is Cc1ccc(C(=O)N2CCC3(CC2)NC(=O)[C@@H]2CN(CC(C)C)C[C@@H]23)s1. The van der Waals surface area contributed by atoms with E-state index in [1.807, 2.05) is 24.0 Å². The van der Waals surface area contributed by atoms with Gasteiger partial charge in [0.25, 0.3) is 5.91 Å². The number of carbonyl (C=O) groups excluding carboxylic acids is 2. The van der Waals surface area contributed by atoms with Gasteiger partial charge in [0, 0.05) is 49.1 Å². The van der Waals surface area contributed by atoms with E-state index in [1.165, 1.54) is 4.88 Å². The van der Waals surface area contributed by atoms with E-state index in [9.17, 15) is 9.59 Å². The molecule has 1 aromatic rings. The highest BCUT2D eigenvalue weighted by molar-refractivity contribution is 7.13. The van der Waals surface area contributed by atoms with Crippen molar-refractivity contribution >= 4 is 23.2 Å². The molecule has 0 aliphatic carbocycles. The van der Waals surface area contributed by atoms with Crippen LogP contribution in [0, 0.1) is 24.7 Å². The van der Waals surface area contributed by atoms with Crippen LogP contribution in [0.3, 0.4) is 0 Å². The van der Waals surface area contributed by atoms with E-state index in [0.717, 1.165) is 50.4 Å². The Labute approximate surface area is 159 Å². The molecule has 0 bridgehead atoms. The van der Waals surface area contributed by atoms with Gasteiger partial charge in [-0.1, -0.05) is 13.8 Å². The number of thiophene rings is 1. The van der Waals surface area contributed by atoms with Crippen LogP contribution in [0.15, 0.2) is 12.1 Å². The van der Waals surface area contributed by atoms with E-state index >= 15 is 0 Å². The third-order valence-corrected chi connectivity index (χ3v) is 7.32. The van der Waals surface area contributed by atoms with Crippen LogP contribution in [-0.2, 0) is 4.79 Å². The van der Waals surface area contributed by atoms with E-state index in [0.29, 0.717) is 11.8 Å². The first kappa shape index (κ1) is 18.0. The molecule has 5 nitrogen and oxygen atoms in total. The van der Waals surface area contributed by atoms with Crippen LogP contribution in [0.1, 0.15) is 41.2 Å².